The van der Waals surface area contributed by atoms with Gasteiger partial charge in [0.1, 0.15) is 15.6 Å². The Bertz CT molecular complexity index is 546. The Morgan fingerprint density at radius 1 is 1.53 bits per heavy atom. The number of rotatable bonds is 2. The highest BCUT2D eigenvalue weighted by molar-refractivity contribution is 9.10. The molecule has 5 heteroatoms. The molecule has 1 fully saturated rings. The molecule has 1 atom stereocenters. The monoisotopic (exact) mass is 313 g/mol. The molecule has 0 radical (unpaired) electrons. The van der Waals surface area contributed by atoms with Crippen LogP contribution in [0.2, 0.25) is 5.15 Å². The first-order valence-corrected chi connectivity index (χ1v) is 6.95. The molecule has 0 saturated carbocycles. The fraction of sp³-hybridized carbons (Fsp3) is 0.417. The van der Waals surface area contributed by atoms with Crippen LogP contribution in [-0.2, 0) is 6.42 Å². The van der Waals surface area contributed by atoms with Crippen LogP contribution in [-0.4, -0.2) is 22.5 Å². The minimum atomic E-state index is 0.670. The fourth-order valence-electron chi connectivity index (χ4n) is 2.41. The number of hydrogen-bond donors (Lipinski definition) is 1. The van der Waals surface area contributed by atoms with E-state index < -0.39 is 0 Å². The summed E-state index contributed by atoms with van der Waals surface area (Å²) in [6.45, 7) is 2.19. The average molecular weight is 315 g/mol. The Balaban J connectivity index is 2.03. The Hall–Kier alpha value is -0.580. The molecule has 0 spiro atoms. The van der Waals surface area contributed by atoms with Gasteiger partial charge in [-0.05, 0) is 53.5 Å². The Kier molecular flexibility index (Phi) is 3.11. The molecule has 1 saturated heterocycles. The first kappa shape index (κ1) is 11.5. The van der Waals surface area contributed by atoms with Crippen molar-refractivity contribution in [2.24, 2.45) is 5.92 Å². The molecule has 1 aliphatic heterocycles. The highest BCUT2D eigenvalue weighted by Crippen LogP contribution is 2.25. The van der Waals surface area contributed by atoms with E-state index in [2.05, 4.69) is 26.2 Å². The minimum absolute atomic E-state index is 0.670. The van der Waals surface area contributed by atoms with Crippen LogP contribution in [0.1, 0.15) is 12.2 Å². The van der Waals surface area contributed by atoms with Gasteiger partial charge >= 0.3 is 0 Å². The van der Waals surface area contributed by atoms with Crippen molar-refractivity contribution in [3.63, 3.8) is 0 Å². The lowest BCUT2D eigenvalue weighted by Gasteiger charge is -2.08. The second kappa shape index (κ2) is 4.59. The molecule has 0 amide bonds. The number of nitrogens with zero attached hydrogens (tertiary/aromatic N) is 2. The molecule has 1 unspecified atom stereocenters. The number of hydrogen-bond acceptors (Lipinski definition) is 2. The quantitative estimate of drug-likeness (QED) is 0.864. The molecule has 2 aromatic rings. The van der Waals surface area contributed by atoms with E-state index in [-0.39, 0.29) is 0 Å². The van der Waals surface area contributed by atoms with Crippen molar-refractivity contribution in [2.45, 2.75) is 12.8 Å². The summed E-state index contributed by atoms with van der Waals surface area (Å²) in [5.74, 6) is 1.72. The molecule has 17 heavy (non-hydrogen) atoms. The third-order valence-corrected chi connectivity index (χ3v) is 4.15. The zero-order chi connectivity index (χ0) is 11.8. The topological polar surface area (TPSA) is 29.3 Å². The Morgan fingerprint density at radius 2 is 2.41 bits per heavy atom. The van der Waals surface area contributed by atoms with Crippen molar-refractivity contribution in [3.05, 3.63) is 33.8 Å². The summed E-state index contributed by atoms with van der Waals surface area (Å²) in [5, 5.41) is 4.10. The molecule has 1 N–H and O–H groups in total. The molecular formula is C12H13BrClN3. The van der Waals surface area contributed by atoms with E-state index in [0.717, 1.165) is 40.6 Å². The third kappa shape index (κ3) is 2.09. The van der Waals surface area contributed by atoms with Gasteiger partial charge in [0.15, 0.2) is 0 Å². The summed E-state index contributed by atoms with van der Waals surface area (Å²) in [6, 6.07) is 5.88. The molecular weight excluding hydrogens is 302 g/mol. The van der Waals surface area contributed by atoms with E-state index >= 15 is 0 Å². The van der Waals surface area contributed by atoms with E-state index in [9.17, 15) is 0 Å². The van der Waals surface area contributed by atoms with Gasteiger partial charge in [0, 0.05) is 6.42 Å². The van der Waals surface area contributed by atoms with Crippen LogP contribution >= 0.6 is 27.5 Å². The molecule has 0 bridgehead atoms. The molecule has 3 nitrogen and oxygen atoms in total. The molecule has 3 rings (SSSR count). The largest absolute Gasteiger partial charge is 0.316 e. The number of pyridine rings is 1. The first-order valence-electron chi connectivity index (χ1n) is 5.78. The first-order chi connectivity index (χ1) is 8.25. The summed E-state index contributed by atoms with van der Waals surface area (Å²) < 4.78 is 2.91. The van der Waals surface area contributed by atoms with E-state index in [1.807, 2.05) is 22.6 Å². The molecule has 1 aliphatic rings. The van der Waals surface area contributed by atoms with Gasteiger partial charge in [-0.2, -0.15) is 0 Å². The molecule has 3 heterocycles. The maximum atomic E-state index is 6.25. The summed E-state index contributed by atoms with van der Waals surface area (Å²) >= 11 is 9.74. The van der Waals surface area contributed by atoms with Crippen molar-refractivity contribution in [1.29, 1.82) is 0 Å². The zero-order valence-corrected chi connectivity index (χ0v) is 11.6. The van der Waals surface area contributed by atoms with Gasteiger partial charge < -0.3 is 5.32 Å². The second-order valence-corrected chi connectivity index (χ2v) is 5.59. The van der Waals surface area contributed by atoms with Crippen molar-refractivity contribution in [3.8, 4) is 0 Å². The summed E-state index contributed by atoms with van der Waals surface area (Å²) in [4.78, 5) is 4.58. The van der Waals surface area contributed by atoms with Gasteiger partial charge in [0.25, 0.3) is 0 Å². The van der Waals surface area contributed by atoms with E-state index in [0.29, 0.717) is 5.92 Å². The molecule has 0 aromatic carbocycles. The number of nitrogens with one attached hydrogen (secondary N) is 1. The van der Waals surface area contributed by atoms with Crippen molar-refractivity contribution >= 4 is 33.0 Å². The van der Waals surface area contributed by atoms with Crippen molar-refractivity contribution in [1.82, 2.24) is 14.7 Å². The van der Waals surface area contributed by atoms with Crippen LogP contribution in [0, 0.1) is 5.92 Å². The SMILES string of the molecule is Clc1cccc2c(Br)nc(CC3CCNC3)n12. The highest BCUT2D eigenvalue weighted by Gasteiger charge is 2.19. The maximum absolute atomic E-state index is 6.25. The fourth-order valence-corrected chi connectivity index (χ4v) is 3.19. The van der Waals surface area contributed by atoms with Gasteiger partial charge in [0.05, 0.1) is 5.52 Å². The van der Waals surface area contributed by atoms with Crippen LogP contribution in [0.3, 0.4) is 0 Å². The lowest BCUT2D eigenvalue weighted by molar-refractivity contribution is 0.560. The number of fused-ring (bicyclic) bond motifs is 1. The second-order valence-electron chi connectivity index (χ2n) is 4.45. The Morgan fingerprint density at radius 3 is 3.18 bits per heavy atom. The average Bonchev–Trinajstić information content (AvgIpc) is 2.90. The van der Waals surface area contributed by atoms with E-state index in [4.69, 9.17) is 11.6 Å². The lowest BCUT2D eigenvalue weighted by atomic mass is 10.1. The predicted octanol–water partition coefficient (Wildman–Crippen LogP) is 2.90. The van der Waals surface area contributed by atoms with Crippen LogP contribution in [0.5, 0.6) is 0 Å². The normalized spacial score (nSPS) is 20.2. The standard InChI is InChI=1S/C12H13BrClN3/c13-12-9-2-1-3-10(14)17(9)11(16-12)6-8-4-5-15-7-8/h1-3,8,15H,4-7H2. The van der Waals surface area contributed by atoms with Crippen LogP contribution in [0.4, 0.5) is 0 Å². The van der Waals surface area contributed by atoms with Gasteiger partial charge in [-0.25, -0.2) is 4.98 Å². The van der Waals surface area contributed by atoms with Crippen LogP contribution < -0.4 is 5.32 Å². The van der Waals surface area contributed by atoms with Crippen molar-refractivity contribution < 1.29 is 0 Å². The Labute approximate surface area is 113 Å². The van der Waals surface area contributed by atoms with Gasteiger partial charge in [0.2, 0.25) is 0 Å². The maximum Gasteiger partial charge on any atom is 0.132 e. The third-order valence-electron chi connectivity index (χ3n) is 3.27. The summed E-state index contributed by atoms with van der Waals surface area (Å²) in [7, 11) is 0. The van der Waals surface area contributed by atoms with Crippen LogP contribution in [0.15, 0.2) is 22.8 Å². The van der Waals surface area contributed by atoms with Gasteiger partial charge in [-0.3, -0.25) is 4.40 Å². The lowest BCUT2D eigenvalue weighted by Crippen LogP contribution is -2.12. The molecule has 90 valence electrons. The van der Waals surface area contributed by atoms with Gasteiger partial charge in [-0.1, -0.05) is 17.7 Å². The van der Waals surface area contributed by atoms with Crippen molar-refractivity contribution in [2.75, 3.05) is 13.1 Å². The molecule has 0 aliphatic carbocycles. The smallest absolute Gasteiger partial charge is 0.132 e. The number of aromatic nitrogens is 2. The molecule has 2 aromatic heterocycles. The van der Waals surface area contributed by atoms with E-state index in [1.165, 1.54) is 6.42 Å². The minimum Gasteiger partial charge on any atom is -0.316 e. The van der Waals surface area contributed by atoms with Gasteiger partial charge in [-0.15, -0.1) is 0 Å². The van der Waals surface area contributed by atoms with E-state index in [1.54, 1.807) is 0 Å². The summed E-state index contributed by atoms with van der Waals surface area (Å²) in [5.41, 5.74) is 1.04. The highest BCUT2D eigenvalue weighted by atomic mass is 79.9. The zero-order valence-electron chi connectivity index (χ0n) is 9.29. The predicted molar refractivity (Wildman–Crippen MR) is 72.6 cm³/mol. The van der Waals surface area contributed by atoms with Crippen LogP contribution in [0.25, 0.3) is 5.52 Å². The summed E-state index contributed by atoms with van der Waals surface area (Å²) in [6.07, 6.45) is 2.19. The number of halogens is 2. The number of imidazole rings is 1.